The first-order valence-corrected chi connectivity index (χ1v) is 2.61. The average Bonchev–Trinajstić information content (AvgIpc) is 2.46. The van der Waals surface area contributed by atoms with Gasteiger partial charge in [0.15, 0.2) is 35.0 Å². The van der Waals surface area contributed by atoms with Crippen molar-refractivity contribution in [3.63, 3.8) is 0 Å². The molecule has 1 aliphatic rings. The molecule has 0 radical (unpaired) electrons. The van der Waals surface area contributed by atoms with Gasteiger partial charge in [0.05, 0.1) is 0 Å². The summed E-state index contributed by atoms with van der Waals surface area (Å²) in [7, 11) is 0. The maximum atomic E-state index is 10.0. The zero-order valence-electron chi connectivity index (χ0n) is 5.22. The van der Waals surface area contributed by atoms with Crippen LogP contribution in [-0.4, -0.2) is 17.8 Å². The molecule has 0 aliphatic carbocycles. The minimum Gasteiger partial charge on any atom is -0.321 e. The van der Waals surface area contributed by atoms with Crippen LogP contribution in [-0.2, 0) is 14.4 Å². The maximum Gasteiger partial charge on any atom is 0.196 e. The van der Waals surface area contributed by atoms with Crippen LogP contribution in [0.1, 0.15) is 0 Å². The van der Waals surface area contributed by atoms with Crippen LogP contribution < -0.4 is 10.6 Å². The Balaban J connectivity index is 3.16. The molecule has 0 aromatic heterocycles. The molecule has 1 heterocycles. The van der Waals surface area contributed by atoms with E-state index in [1.807, 2.05) is 0 Å². The van der Waals surface area contributed by atoms with Crippen molar-refractivity contribution in [2.24, 2.45) is 0 Å². The van der Waals surface area contributed by atoms with Crippen LogP contribution in [0.4, 0.5) is 0 Å². The summed E-state index contributed by atoms with van der Waals surface area (Å²) >= 11 is 0. The molecule has 0 unspecified atom stereocenters. The largest absolute Gasteiger partial charge is 0.321 e. The van der Waals surface area contributed by atoms with Crippen LogP contribution in [0.2, 0.25) is 0 Å². The van der Waals surface area contributed by atoms with Crippen LogP contribution in [0.3, 0.4) is 0 Å². The Kier molecular flexibility index (Phi) is 1.73. The van der Waals surface area contributed by atoms with Crippen LogP contribution >= 0.6 is 0 Å². The number of carbonyl (C=O) groups excluding carboxylic acids is 3. The second kappa shape index (κ2) is 2.69. The van der Waals surface area contributed by atoms with Gasteiger partial charge in [0.25, 0.3) is 0 Å². The number of rotatable bonds is 0. The van der Waals surface area contributed by atoms with Crippen molar-refractivity contribution in [1.29, 1.82) is 0 Å². The monoisotopic (exact) mass is 150 g/mol. The molecular formula is C6H2N2O3. The van der Waals surface area contributed by atoms with E-state index in [0.717, 1.165) is 0 Å². The van der Waals surface area contributed by atoms with Crippen LogP contribution in [0, 0.1) is 0 Å². The van der Waals surface area contributed by atoms with E-state index < -0.39 is 0 Å². The zero-order valence-corrected chi connectivity index (χ0v) is 5.22. The Labute approximate surface area is 61.1 Å². The van der Waals surface area contributed by atoms with Gasteiger partial charge in [-0.15, -0.1) is 0 Å². The molecular weight excluding hydrogens is 148 g/mol. The Morgan fingerprint density at radius 1 is 0.818 bits per heavy atom. The van der Waals surface area contributed by atoms with Gasteiger partial charge in [-0.05, 0) is 0 Å². The number of hydrogen-bond donors (Lipinski definition) is 2. The molecule has 2 N–H and O–H groups in total. The summed E-state index contributed by atoms with van der Waals surface area (Å²) in [6.45, 7) is 0. The Morgan fingerprint density at radius 3 is 1.55 bits per heavy atom. The highest BCUT2D eigenvalue weighted by molar-refractivity contribution is 5.75. The molecule has 0 bridgehead atoms. The van der Waals surface area contributed by atoms with E-state index in [1.54, 1.807) is 0 Å². The molecule has 1 saturated heterocycles. The molecule has 0 spiro atoms. The van der Waals surface area contributed by atoms with E-state index >= 15 is 0 Å². The van der Waals surface area contributed by atoms with E-state index in [4.69, 9.17) is 0 Å². The molecule has 0 saturated carbocycles. The number of nitrogens with one attached hydrogen (secondary N) is 2. The standard InChI is InChI=1S/C6H2N2O3/c9-1-4-5(2-10)8-6(3-11)7-4/h7-8H. The van der Waals surface area contributed by atoms with Gasteiger partial charge in [-0.25, -0.2) is 14.4 Å². The number of hydrogen-bond acceptors (Lipinski definition) is 5. The van der Waals surface area contributed by atoms with E-state index in [2.05, 4.69) is 10.6 Å². The molecule has 5 heteroatoms. The summed E-state index contributed by atoms with van der Waals surface area (Å²) in [5.74, 6) is 4.20. The molecule has 0 aromatic carbocycles. The van der Waals surface area contributed by atoms with Crippen molar-refractivity contribution < 1.29 is 14.4 Å². The van der Waals surface area contributed by atoms with Crippen molar-refractivity contribution in [2.45, 2.75) is 0 Å². The lowest BCUT2D eigenvalue weighted by Gasteiger charge is -1.84. The van der Waals surface area contributed by atoms with Gasteiger partial charge in [0.2, 0.25) is 0 Å². The molecule has 0 atom stereocenters. The molecule has 1 rings (SSSR count). The highest BCUT2D eigenvalue weighted by atomic mass is 16.1. The van der Waals surface area contributed by atoms with E-state index in [1.165, 1.54) is 17.8 Å². The third kappa shape index (κ3) is 1.11. The van der Waals surface area contributed by atoms with E-state index in [0.29, 0.717) is 0 Å². The van der Waals surface area contributed by atoms with Crippen molar-refractivity contribution in [2.75, 3.05) is 0 Å². The maximum absolute atomic E-state index is 10.0. The third-order valence-electron chi connectivity index (χ3n) is 1.06. The van der Waals surface area contributed by atoms with Gasteiger partial charge in [0, 0.05) is 0 Å². The fourth-order valence-corrected chi connectivity index (χ4v) is 0.610. The summed E-state index contributed by atoms with van der Waals surface area (Å²) in [4.78, 5) is 30.0. The Hall–Kier alpha value is -2.05. The Morgan fingerprint density at radius 2 is 1.27 bits per heavy atom. The van der Waals surface area contributed by atoms with Crippen molar-refractivity contribution in [3.8, 4) is 0 Å². The summed E-state index contributed by atoms with van der Waals surface area (Å²) in [5.41, 5.74) is -0.253. The summed E-state index contributed by atoms with van der Waals surface area (Å²) in [5, 5.41) is 4.53. The lowest BCUT2D eigenvalue weighted by molar-refractivity contribution is 0.563. The van der Waals surface area contributed by atoms with Gasteiger partial charge in [-0.1, -0.05) is 0 Å². The summed E-state index contributed by atoms with van der Waals surface area (Å²) < 4.78 is 0. The SMILES string of the molecule is O=C=C1NC(=C=O)C(=C=O)N1. The molecule has 54 valence electrons. The highest BCUT2D eigenvalue weighted by Crippen LogP contribution is 2.05. The van der Waals surface area contributed by atoms with Gasteiger partial charge < -0.3 is 10.6 Å². The normalized spacial score (nSPS) is 14.4. The van der Waals surface area contributed by atoms with Gasteiger partial charge in [0.1, 0.15) is 0 Å². The lowest BCUT2D eigenvalue weighted by Crippen LogP contribution is -2.09. The minimum absolute atomic E-state index is 0.0818. The minimum atomic E-state index is -0.127. The second-order valence-electron chi connectivity index (χ2n) is 1.68. The van der Waals surface area contributed by atoms with Crippen LogP contribution in [0.5, 0.6) is 0 Å². The summed E-state index contributed by atoms with van der Waals surface area (Å²) in [6.07, 6.45) is 0. The smallest absolute Gasteiger partial charge is 0.196 e. The van der Waals surface area contributed by atoms with Crippen molar-refractivity contribution in [3.05, 3.63) is 17.2 Å². The molecule has 0 aromatic rings. The first-order valence-electron chi connectivity index (χ1n) is 2.61. The van der Waals surface area contributed by atoms with Gasteiger partial charge in [-0.2, -0.15) is 0 Å². The quantitative estimate of drug-likeness (QED) is 0.402. The average molecular weight is 150 g/mol. The fraction of sp³-hybridized carbons (Fsp3) is 0. The first kappa shape index (κ1) is 7.06. The molecule has 0 amide bonds. The molecule has 1 fully saturated rings. The van der Waals surface area contributed by atoms with Crippen molar-refractivity contribution >= 4 is 17.8 Å². The zero-order chi connectivity index (χ0) is 8.27. The van der Waals surface area contributed by atoms with Crippen LogP contribution in [0.15, 0.2) is 17.2 Å². The topological polar surface area (TPSA) is 75.3 Å². The van der Waals surface area contributed by atoms with Gasteiger partial charge >= 0.3 is 0 Å². The third-order valence-corrected chi connectivity index (χ3v) is 1.06. The molecule has 11 heavy (non-hydrogen) atoms. The Bertz CT molecular complexity index is 311. The van der Waals surface area contributed by atoms with Gasteiger partial charge in [-0.3, -0.25) is 0 Å². The predicted molar refractivity (Wildman–Crippen MR) is 33.9 cm³/mol. The van der Waals surface area contributed by atoms with E-state index in [-0.39, 0.29) is 17.2 Å². The second-order valence-corrected chi connectivity index (χ2v) is 1.68. The lowest BCUT2D eigenvalue weighted by atomic mass is 10.4. The van der Waals surface area contributed by atoms with E-state index in [9.17, 15) is 14.4 Å². The van der Waals surface area contributed by atoms with Crippen molar-refractivity contribution in [1.82, 2.24) is 10.6 Å². The highest BCUT2D eigenvalue weighted by Gasteiger charge is 2.19. The molecule has 1 aliphatic heterocycles. The fourth-order valence-electron chi connectivity index (χ4n) is 0.610. The predicted octanol–water partition coefficient (Wildman–Crippen LogP) is -1.72. The molecule has 5 nitrogen and oxygen atoms in total. The first-order chi connectivity index (χ1) is 5.31. The van der Waals surface area contributed by atoms with Crippen LogP contribution in [0.25, 0.3) is 0 Å². The summed E-state index contributed by atoms with van der Waals surface area (Å²) in [6, 6.07) is 0.